The number of piperidine rings is 1. The van der Waals surface area contributed by atoms with E-state index in [1.165, 1.54) is 34.8 Å². The molecule has 1 aliphatic rings. The summed E-state index contributed by atoms with van der Waals surface area (Å²) in [5.74, 6) is -0.579. The molecule has 1 N–H and O–H groups in total. The Morgan fingerprint density at radius 1 is 0.929 bits per heavy atom. The van der Waals surface area contributed by atoms with Gasteiger partial charge in [-0.05, 0) is 55.3 Å². The van der Waals surface area contributed by atoms with Gasteiger partial charge in [0.1, 0.15) is 11.3 Å². The van der Waals surface area contributed by atoms with E-state index in [0.29, 0.717) is 29.9 Å². The first-order chi connectivity index (χ1) is 20.4. The van der Waals surface area contributed by atoms with Crippen molar-refractivity contribution in [3.8, 4) is 16.9 Å². The largest absolute Gasteiger partial charge is 0.422 e. The number of rotatable bonds is 7. The quantitative estimate of drug-likeness (QED) is 0.170. The molecule has 3 aromatic carbocycles. The number of para-hydroxylation sites is 2. The van der Waals surface area contributed by atoms with E-state index in [1.54, 1.807) is 29.1 Å². The van der Waals surface area contributed by atoms with Crippen LogP contribution in [0, 0.1) is 0 Å². The van der Waals surface area contributed by atoms with Crippen LogP contribution >= 0.6 is 0 Å². The molecule has 5 aromatic rings. The molecule has 10 nitrogen and oxygen atoms in total. The Balaban J connectivity index is 1.29. The van der Waals surface area contributed by atoms with Crippen LogP contribution in [-0.4, -0.2) is 47.7 Å². The van der Waals surface area contributed by atoms with Gasteiger partial charge in [0.15, 0.2) is 0 Å². The van der Waals surface area contributed by atoms with Gasteiger partial charge >= 0.3 is 5.63 Å². The van der Waals surface area contributed by atoms with Crippen molar-refractivity contribution in [2.45, 2.75) is 24.2 Å². The van der Waals surface area contributed by atoms with Gasteiger partial charge in [-0.2, -0.15) is 14.5 Å². The number of hydrogen-bond acceptors (Lipinski definition) is 7. The standard InChI is InChI=1S/C31H27N5O5S/c37-30(23-11-9-14-26(18-23)42(39,40)35-16-7-2-8-17-35)33-32-20-24-21-36(25-12-3-1-4-13-25)34-29(24)27-19-22-10-5-6-15-28(22)41-31(27)38/h1,3-6,9-15,18-21H,2,7-8,16-17H2,(H,33,37). The molecule has 212 valence electrons. The van der Waals surface area contributed by atoms with Crippen molar-refractivity contribution in [3.05, 3.63) is 113 Å². The van der Waals surface area contributed by atoms with Crippen LogP contribution in [0.25, 0.3) is 27.9 Å². The molecule has 0 aliphatic carbocycles. The number of sulfonamides is 1. The third kappa shape index (κ3) is 5.52. The van der Waals surface area contributed by atoms with Crippen molar-refractivity contribution >= 4 is 33.1 Å². The minimum absolute atomic E-state index is 0.0653. The minimum atomic E-state index is -3.70. The molecule has 11 heteroatoms. The predicted molar refractivity (Wildman–Crippen MR) is 159 cm³/mol. The first-order valence-electron chi connectivity index (χ1n) is 13.5. The number of amides is 1. The van der Waals surface area contributed by atoms with Gasteiger partial charge in [0, 0.05) is 35.8 Å². The molecule has 1 saturated heterocycles. The third-order valence-electron chi connectivity index (χ3n) is 7.08. The highest BCUT2D eigenvalue weighted by atomic mass is 32.2. The fourth-order valence-corrected chi connectivity index (χ4v) is 6.47. The molecule has 0 saturated carbocycles. The molecule has 0 radical (unpaired) electrons. The lowest BCUT2D eigenvalue weighted by molar-refractivity contribution is 0.0955. The second-order valence-electron chi connectivity index (χ2n) is 9.89. The normalized spacial score (nSPS) is 14.4. The van der Waals surface area contributed by atoms with Gasteiger partial charge in [-0.25, -0.2) is 23.3 Å². The topological polar surface area (TPSA) is 127 Å². The highest BCUT2D eigenvalue weighted by Gasteiger charge is 2.26. The van der Waals surface area contributed by atoms with Gasteiger partial charge in [0.2, 0.25) is 10.0 Å². The first kappa shape index (κ1) is 27.3. The maximum absolute atomic E-state index is 13.1. The number of nitrogens with zero attached hydrogens (tertiary/aromatic N) is 4. The molecule has 0 unspecified atom stereocenters. The maximum Gasteiger partial charge on any atom is 0.345 e. The number of carbonyl (C=O) groups is 1. The van der Waals surface area contributed by atoms with Crippen molar-refractivity contribution in [2.75, 3.05) is 13.1 Å². The summed E-state index contributed by atoms with van der Waals surface area (Å²) < 4.78 is 34.8. The molecule has 0 bridgehead atoms. The van der Waals surface area contributed by atoms with E-state index in [0.717, 1.165) is 30.3 Å². The van der Waals surface area contributed by atoms with Crippen molar-refractivity contribution in [2.24, 2.45) is 5.10 Å². The van der Waals surface area contributed by atoms with E-state index in [9.17, 15) is 18.0 Å². The molecule has 1 amide bonds. The van der Waals surface area contributed by atoms with Gasteiger partial charge in [0.25, 0.3) is 5.91 Å². The minimum Gasteiger partial charge on any atom is -0.422 e. The number of carbonyl (C=O) groups excluding carboxylic acids is 1. The lowest BCUT2D eigenvalue weighted by Crippen LogP contribution is -2.35. The Bertz CT molecular complexity index is 1960. The number of hydrazone groups is 1. The molecule has 6 rings (SSSR count). The van der Waals surface area contributed by atoms with E-state index in [-0.39, 0.29) is 16.0 Å². The number of hydrogen-bond donors (Lipinski definition) is 1. The van der Waals surface area contributed by atoms with Crippen LogP contribution in [0.4, 0.5) is 0 Å². The first-order valence-corrected chi connectivity index (χ1v) is 15.0. The summed E-state index contributed by atoms with van der Waals surface area (Å²) >= 11 is 0. The Morgan fingerprint density at radius 3 is 2.50 bits per heavy atom. The Morgan fingerprint density at radius 2 is 1.69 bits per heavy atom. The second kappa shape index (κ2) is 11.6. The number of fused-ring (bicyclic) bond motifs is 1. The molecule has 2 aromatic heterocycles. The van der Waals surface area contributed by atoms with Crippen LogP contribution in [0.1, 0.15) is 35.2 Å². The van der Waals surface area contributed by atoms with Gasteiger partial charge in [-0.1, -0.05) is 48.9 Å². The SMILES string of the molecule is O=C(NN=Cc1cn(-c2ccccc2)nc1-c1cc2ccccc2oc1=O)c1cccc(S(=O)(=O)N2CCCCC2)c1. The van der Waals surface area contributed by atoms with E-state index >= 15 is 0 Å². The Kier molecular flexibility index (Phi) is 7.51. The van der Waals surface area contributed by atoms with Gasteiger partial charge in [-0.15, -0.1) is 0 Å². The molecule has 1 fully saturated rings. The molecule has 0 spiro atoms. The second-order valence-corrected chi connectivity index (χ2v) is 11.8. The molecule has 42 heavy (non-hydrogen) atoms. The lowest BCUT2D eigenvalue weighted by atomic mass is 10.1. The zero-order chi connectivity index (χ0) is 29.1. The summed E-state index contributed by atoms with van der Waals surface area (Å²) in [6.07, 6.45) is 5.73. The smallest absolute Gasteiger partial charge is 0.345 e. The molecule has 1 aliphatic heterocycles. The lowest BCUT2D eigenvalue weighted by Gasteiger charge is -2.25. The monoisotopic (exact) mass is 581 g/mol. The molecule has 3 heterocycles. The van der Waals surface area contributed by atoms with Crippen molar-refractivity contribution in [1.29, 1.82) is 0 Å². The van der Waals surface area contributed by atoms with Crippen LogP contribution in [0.3, 0.4) is 0 Å². The van der Waals surface area contributed by atoms with Crippen molar-refractivity contribution in [3.63, 3.8) is 0 Å². The summed E-state index contributed by atoms with van der Waals surface area (Å²) in [6, 6.07) is 24.2. The summed E-state index contributed by atoms with van der Waals surface area (Å²) in [5.41, 5.74) is 4.31. The average Bonchev–Trinajstić information content (AvgIpc) is 3.45. The van der Waals surface area contributed by atoms with Crippen molar-refractivity contribution in [1.82, 2.24) is 19.5 Å². The number of benzene rings is 3. The van der Waals surface area contributed by atoms with Crippen LogP contribution in [0.2, 0.25) is 0 Å². The van der Waals surface area contributed by atoms with E-state index in [4.69, 9.17) is 4.42 Å². The molecular weight excluding hydrogens is 554 g/mol. The maximum atomic E-state index is 13.1. The predicted octanol–water partition coefficient (Wildman–Crippen LogP) is 4.58. The number of nitrogens with one attached hydrogen (secondary N) is 1. The summed E-state index contributed by atoms with van der Waals surface area (Å²) in [5, 5.41) is 9.49. The molecule has 0 atom stereocenters. The summed E-state index contributed by atoms with van der Waals surface area (Å²) in [4.78, 5) is 26.0. The fraction of sp³-hybridized carbons (Fsp3) is 0.161. The highest BCUT2D eigenvalue weighted by molar-refractivity contribution is 7.89. The number of aromatic nitrogens is 2. The zero-order valence-electron chi connectivity index (χ0n) is 22.5. The van der Waals surface area contributed by atoms with E-state index in [2.05, 4.69) is 15.6 Å². The zero-order valence-corrected chi connectivity index (χ0v) is 23.3. The summed E-state index contributed by atoms with van der Waals surface area (Å²) in [7, 11) is -3.70. The van der Waals surface area contributed by atoms with Crippen molar-refractivity contribution < 1.29 is 17.6 Å². The Hall–Kier alpha value is -4.87. The van der Waals surface area contributed by atoms with Crippen LogP contribution < -0.4 is 11.1 Å². The third-order valence-corrected chi connectivity index (χ3v) is 8.97. The van der Waals surface area contributed by atoms with Crippen LogP contribution in [-0.2, 0) is 10.0 Å². The van der Waals surface area contributed by atoms with Gasteiger partial charge in [-0.3, -0.25) is 4.79 Å². The average molecular weight is 582 g/mol. The van der Waals surface area contributed by atoms with E-state index < -0.39 is 21.6 Å². The van der Waals surface area contributed by atoms with Gasteiger partial charge < -0.3 is 4.42 Å². The van der Waals surface area contributed by atoms with Crippen LogP contribution in [0.5, 0.6) is 0 Å². The van der Waals surface area contributed by atoms with Gasteiger partial charge in [0.05, 0.1) is 22.4 Å². The van der Waals surface area contributed by atoms with E-state index in [1.807, 2.05) is 42.5 Å². The Labute approximate surface area is 242 Å². The summed E-state index contributed by atoms with van der Waals surface area (Å²) in [6.45, 7) is 0.940. The fourth-order valence-electron chi connectivity index (χ4n) is 4.91. The highest BCUT2D eigenvalue weighted by Crippen LogP contribution is 2.24. The molecular formula is C31H27N5O5S. The van der Waals surface area contributed by atoms with Crippen LogP contribution in [0.15, 0.2) is 110 Å².